The largest absolute Gasteiger partial charge is 0.426 e. The quantitative estimate of drug-likeness (QED) is 0.111. The third-order valence-corrected chi connectivity index (χ3v) is 3.31. The average molecular weight is 458 g/mol. The van der Waals surface area contributed by atoms with E-state index >= 15 is 0 Å². The number of ether oxygens (including phenoxy) is 1. The number of nitro groups is 1. The molecule has 0 fully saturated rings. The third-order valence-electron chi connectivity index (χ3n) is 3.18. The third kappa shape index (κ3) is 9.72. The molecule has 1 aromatic carbocycles. The van der Waals surface area contributed by atoms with Gasteiger partial charge in [-0.05, 0) is 23.7 Å². The van der Waals surface area contributed by atoms with Crippen molar-refractivity contribution in [3.63, 3.8) is 0 Å². The first kappa shape index (κ1) is 24.9. The van der Waals surface area contributed by atoms with E-state index in [4.69, 9.17) is 0 Å². The van der Waals surface area contributed by atoms with Crippen LogP contribution < -0.4 is 4.74 Å². The van der Waals surface area contributed by atoms with E-state index in [0.717, 1.165) is 24.3 Å². The monoisotopic (exact) mass is 457 g/mol. The zero-order valence-corrected chi connectivity index (χ0v) is 14.9. The minimum atomic E-state index is -4.80. The summed E-state index contributed by atoms with van der Waals surface area (Å²) in [5.41, 5.74) is -0.404. The van der Waals surface area contributed by atoms with Gasteiger partial charge in [0.15, 0.2) is 0 Å². The van der Waals surface area contributed by atoms with Gasteiger partial charge in [-0.3, -0.25) is 14.9 Å². The smallest absolute Gasteiger partial charge is 0.327 e. The second-order valence-electron chi connectivity index (χ2n) is 6.12. The fourth-order valence-electron chi connectivity index (χ4n) is 2.25. The normalized spacial score (nSPS) is 13.3. The standard InChI is InChI=1S/C15H12ClF8NO4/c16-15(23,24)8-14(21,22)7-13(19,20)6-12(17,18)5-11(26)29-10-3-1-9(2-4-10)25(27)28/h1-4H,5-8H2. The minimum absolute atomic E-state index is 0.404. The summed E-state index contributed by atoms with van der Waals surface area (Å²) in [5.74, 6) is -16.2. The van der Waals surface area contributed by atoms with Gasteiger partial charge in [0.25, 0.3) is 23.5 Å². The Labute approximate surface area is 162 Å². The lowest BCUT2D eigenvalue weighted by molar-refractivity contribution is -0.384. The second-order valence-corrected chi connectivity index (χ2v) is 6.67. The van der Waals surface area contributed by atoms with Crippen LogP contribution in [0.4, 0.5) is 40.8 Å². The number of non-ortho nitro benzene ring substituents is 1. The number of halogens is 9. The predicted octanol–water partition coefficient (Wildman–Crippen LogP) is 5.80. The Morgan fingerprint density at radius 2 is 1.34 bits per heavy atom. The van der Waals surface area contributed by atoms with Gasteiger partial charge in [-0.15, -0.1) is 0 Å². The van der Waals surface area contributed by atoms with E-state index < -0.39 is 71.2 Å². The zero-order valence-electron chi connectivity index (χ0n) is 14.1. The highest BCUT2D eigenvalue weighted by Crippen LogP contribution is 2.44. The molecule has 29 heavy (non-hydrogen) atoms. The van der Waals surface area contributed by atoms with Crippen LogP contribution in [0.3, 0.4) is 0 Å². The average Bonchev–Trinajstić information content (AvgIpc) is 2.40. The topological polar surface area (TPSA) is 69.4 Å². The Balaban J connectivity index is 2.70. The summed E-state index contributed by atoms with van der Waals surface area (Å²) >= 11 is 4.25. The van der Waals surface area contributed by atoms with Gasteiger partial charge in [0.05, 0.1) is 24.2 Å². The van der Waals surface area contributed by atoms with Crippen molar-refractivity contribution in [2.24, 2.45) is 0 Å². The molecule has 0 saturated carbocycles. The Hall–Kier alpha value is -2.18. The molecule has 0 unspecified atom stereocenters. The first-order valence-electron chi connectivity index (χ1n) is 7.55. The van der Waals surface area contributed by atoms with E-state index in [0.29, 0.717) is 0 Å². The highest BCUT2D eigenvalue weighted by molar-refractivity contribution is 6.21. The highest BCUT2D eigenvalue weighted by Gasteiger charge is 2.53. The van der Waals surface area contributed by atoms with Crippen LogP contribution >= 0.6 is 11.6 Å². The van der Waals surface area contributed by atoms with Crippen LogP contribution in [0.1, 0.15) is 25.7 Å². The molecule has 0 amide bonds. The Bertz CT molecular complexity index is 737. The van der Waals surface area contributed by atoms with Crippen LogP contribution in [-0.4, -0.2) is 34.0 Å². The van der Waals surface area contributed by atoms with Crippen molar-refractivity contribution in [3.05, 3.63) is 34.4 Å². The summed E-state index contributed by atoms with van der Waals surface area (Å²) in [6.07, 6.45) is -9.57. The first-order valence-corrected chi connectivity index (χ1v) is 7.93. The molecular formula is C15H12ClF8NO4. The number of hydrogen-bond donors (Lipinski definition) is 0. The number of carbonyl (C=O) groups excluding carboxylic acids is 1. The molecule has 0 aliphatic rings. The fourth-order valence-corrected chi connectivity index (χ4v) is 2.45. The van der Waals surface area contributed by atoms with E-state index in [2.05, 4.69) is 16.3 Å². The molecule has 0 N–H and O–H groups in total. The molecule has 1 aromatic rings. The SMILES string of the molecule is O=C(CC(F)(F)CC(F)(F)CC(F)(F)CC(F)(F)Cl)Oc1ccc([N+](=O)[O-])cc1. The molecule has 0 atom stereocenters. The molecule has 5 nitrogen and oxygen atoms in total. The van der Waals surface area contributed by atoms with Crippen LogP contribution in [0.25, 0.3) is 0 Å². The maximum Gasteiger partial charge on any atom is 0.327 e. The lowest BCUT2D eigenvalue weighted by Gasteiger charge is -2.27. The molecule has 164 valence electrons. The molecule has 0 radical (unpaired) electrons. The van der Waals surface area contributed by atoms with Gasteiger partial charge < -0.3 is 4.74 Å². The van der Waals surface area contributed by atoms with Crippen molar-refractivity contribution in [1.82, 2.24) is 0 Å². The molecule has 0 aliphatic carbocycles. The molecule has 0 aromatic heterocycles. The summed E-state index contributed by atoms with van der Waals surface area (Å²) in [5, 5.41) is 5.94. The number of benzene rings is 1. The summed E-state index contributed by atoms with van der Waals surface area (Å²) in [6.45, 7) is 0. The van der Waals surface area contributed by atoms with Gasteiger partial charge in [0.1, 0.15) is 12.2 Å². The van der Waals surface area contributed by atoms with E-state index in [9.17, 15) is 50.0 Å². The molecule has 0 heterocycles. The molecule has 0 spiro atoms. The van der Waals surface area contributed by atoms with Crippen LogP contribution in [0, 0.1) is 10.1 Å². The number of alkyl halides is 9. The van der Waals surface area contributed by atoms with Gasteiger partial charge in [-0.2, -0.15) is 8.78 Å². The molecule has 0 aliphatic heterocycles. The minimum Gasteiger partial charge on any atom is -0.426 e. The van der Waals surface area contributed by atoms with Crippen molar-refractivity contribution in [3.8, 4) is 5.75 Å². The fraction of sp³-hybridized carbons (Fsp3) is 0.533. The van der Waals surface area contributed by atoms with Crippen molar-refractivity contribution in [2.45, 2.75) is 48.8 Å². The van der Waals surface area contributed by atoms with Gasteiger partial charge in [0, 0.05) is 12.1 Å². The summed E-state index contributed by atoms with van der Waals surface area (Å²) in [6, 6.07) is 3.53. The predicted molar refractivity (Wildman–Crippen MR) is 82.8 cm³/mol. The molecule has 0 bridgehead atoms. The highest BCUT2D eigenvalue weighted by atomic mass is 35.5. The van der Waals surface area contributed by atoms with Gasteiger partial charge in [-0.25, -0.2) is 26.3 Å². The summed E-state index contributed by atoms with van der Waals surface area (Å²) < 4.78 is 110. The van der Waals surface area contributed by atoms with E-state index in [-0.39, 0.29) is 0 Å². The van der Waals surface area contributed by atoms with E-state index in [1.807, 2.05) is 0 Å². The Kier molecular flexibility index (Phi) is 7.44. The van der Waals surface area contributed by atoms with Crippen LogP contribution in [0.2, 0.25) is 0 Å². The maximum absolute atomic E-state index is 13.7. The van der Waals surface area contributed by atoms with Crippen LogP contribution in [0.5, 0.6) is 5.75 Å². The number of carbonyl (C=O) groups is 1. The summed E-state index contributed by atoms with van der Waals surface area (Å²) in [4.78, 5) is 21.1. The molecule has 0 saturated heterocycles. The number of nitrogens with zero attached hydrogens (tertiary/aromatic N) is 1. The number of esters is 1. The first-order chi connectivity index (χ1) is 12.9. The van der Waals surface area contributed by atoms with Crippen molar-refractivity contribution in [2.75, 3.05) is 0 Å². The summed E-state index contributed by atoms with van der Waals surface area (Å²) in [7, 11) is 0. The Morgan fingerprint density at radius 3 is 1.79 bits per heavy atom. The zero-order chi connectivity index (χ0) is 22.7. The Morgan fingerprint density at radius 1 is 0.897 bits per heavy atom. The van der Waals surface area contributed by atoms with Crippen LogP contribution in [0.15, 0.2) is 24.3 Å². The van der Waals surface area contributed by atoms with Gasteiger partial charge >= 0.3 is 11.4 Å². The van der Waals surface area contributed by atoms with Gasteiger partial charge in [-0.1, -0.05) is 0 Å². The number of hydrogen-bond acceptors (Lipinski definition) is 4. The van der Waals surface area contributed by atoms with Crippen molar-refractivity contribution in [1.29, 1.82) is 0 Å². The van der Waals surface area contributed by atoms with E-state index in [1.165, 1.54) is 0 Å². The van der Waals surface area contributed by atoms with E-state index in [1.54, 1.807) is 0 Å². The van der Waals surface area contributed by atoms with Crippen LogP contribution in [-0.2, 0) is 4.79 Å². The lowest BCUT2D eigenvalue weighted by atomic mass is 9.99. The van der Waals surface area contributed by atoms with Gasteiger partial charge in [0.2, 0.25) is 0 Å². The number of rotatable bonds is 10. The molecular weight excluding hydrogens is 446 g/mol. The second kappa shape index (κ2) is 8.67. The molecule has 14 heteroatoms. The maximum atomic E-state index is 13.7. The molecule has 1 rings (SSSR count). The van der Waals surface area contributed by atoms with Crippen molar-refractivity contribution >= 4 is 23.3 Å². The lowest BCUT2D eigenvalue weighted by Crippen LogP contribution is -2.38. The number of nitro benzene ring substituents is 1. The van der Waals surface area contributed by atoms with Crippen molar-refractivity contribution < 1.29 is 49.6 Å².